The summed E-state index contributed by atoms with van der Waals surface area (Å²) in [5, 5.41) is 54.3. The molecule has 0 saturated heterocycles. The molecule has 1 rings (SSSR count). The number of amides is 2. The molecule has 2 amide bonds. The number of nitrogens with one attached hydrogen (secondary N) is 3. The number of phenolic OH excluding ortho intramolecular Hbond substituents is 2. The van der Waals surface area contributed by atoms with Gasteiger partial charge < -0.3 is 41.5 Å². The fourth-order valence-corrected chi connectivity index (χ4v) is 2.70. The Morgan fingerprint density at radius 1 is 0.812 bits per heavy atom. The molecule has 0 radical (unpaired) electrons. The third kappa shape index (κ3) is 9.62. The second-order valence-electron chi connectivity index (χ2n) is 7.20. The topological polar surface area (TPSA) is 206 Å². The summed E-state index contributed by atoms with van der Waals surface area (Å²) in [7, 11) is 0. The largest absolute Gasteiger partial charge is 0.504 e. The van der Waals surface area contributed by atoms with E-state index in [1.54, 1.807) is 0 Å². The van der Waals surface area contributed by atoms with Crippen LogP contribution in [0, 0.1) is 0 Å². The molecular weight excluding hydrogens is 426 g/mol. The van der Waals surface area contributed by atoms with Crippen LogP contribution in [0.15, 0.2) is 18.2 Å². The van der Waals surface area contributed by atoms with E-state index < -0.39 is 36.3 Å². The zero-order valence-corrected chi connectivity index (χ0v) is 17.5. The normalized spacial score (nSPS) is 12.5. The van der Waals surface area contributed by atoms with Gasteiger partial charge in [-0.15, -0.1) is 0 Å². The van der Waals surface area contributed by atoms with Crippen LogP contribution in [-0.2, 0) is 14.4 Å². The number of carbonyl (C=O) groups is 4. The number of hydrogen-bond acceptors (Lipinski definition) is 8. The highest BCUT2D eigenvalue weighted by Crippen LogP contribution is 2.24. The van der Waals surface area contributed by atoms with Gasteiger partial charge in [0.15, 0.2) is 17.1 Å². The Morgan fingerprint density at radius 2 is 1.44 bits per heavy atom. The molecule has 0 aliphatic heterocycles. The molecule has 12 heteroatoms. The third-order valence-electron chi connectivity index (χ3n) is 4.45. The van der Waals surface area contributed by atoms with Crippen LogP contribution in [0.3, 0.4) is 0 Å². The van der Waals surface area contributed by atoms with Gasteiger partial charge in [0, 0.05) is 18.7 Å². The molecule has 1 aromatic rings. The first-order valence-electron chi connectivity index (χ1n) is 10.0. The molecule has 0 aliphatic rings. The average molecular weight is 455 g/mol. The summed E-state index contributed by atoms with van der Waals surface area (Å²) in [6, 6.07) is 3.81. The van der Waals surface area contributed by atoms with Gasteiger partial charge in [-0.25, -0.2) is 4.79 Å². The Kier molecular flexibility index (Phi) is 10.9. The standard InChI is InChI=1S/C20H29N3O9/c24-14-5-4-13(10-15(14)25)18(29)23-9-3-7-21-6-1-2-8-22-16(26)11-20(32,19(30)31)12-17(27)28/h4-5,10,21,24-25,32H,1-3,6-9,11-12H2,(H,22,26)(H,23,29)(H,27,28)(H,30,31)/t20-/m0/s1. The Morgan fingerprint density at radius 3 is 2.06 bits per heavy atom. The lowest BCUT2D eigenvalue weighted by molar-refractivity contribution is -0.167. The number of aliphatic carboxylic acids is 2. The minimum absolute atomic E-state index is 0.236. The monoisotopic (exact) mass is 455 g/mol. The number of carbonyl (C=O) groups excluding carboxylic acids is 2. The predicted octanol–water partition coefficient (Wildman–Crippen LogP) is -0.616. The number of phenols is 2. The smallest absolute Gasteiger partial charge is 0.336 e. The number of carboxylic acid groups (broad SMARTS) is 2. The minimum Gasteiger partial charge on any atom is -0.504 e. The number of aliphatic hydroxyl groups is 1. The fourth-order valence-electron chi connectivity index (χ4n) is 2.70. The zero-order valence-electron chi connectivity index (χ0n) is 17.5. The molecule has 0 aliphatic carbocycles. The van der Waals surface area contributed by atoms with Crippen LogP contribution in [0.25, 0.3) is 0 Å². The molecule has 0 bridgehead atoms. The van der Waals surface area contributed by atoms with E-state index in [9.17, 15) is 34.5 Å². The van der Waals surface area contributed by atoms with E-state index in [-0.39, 0.29) is 29.5 Å². The molecule has 0 saturated carbocycles. The van der Waals surface area contributed by atoms with Crippen molar-refractivity contribution in [2.24, 2.45) is 0 Å². The van der Waals surface area contributed by atoms with Crippen LogP contribution in [0.1, 0.15) is 42.5 Å². The molecule has 8 N–H and O–H groups in total. The van der Waals surface area contributed by atoms with Crippen LogP contribution in [0.5, 0.6) is 11.5 Å². The number of carboxylic acids is 2. The highest BCUT2D eigenvalue weighted by molar-refractivity contribution is 5.94. The lowest BCUT2D eigenvalue weighted by atomic mass is 9.95. The Hall–Kier alpha value is -3.38. The summed E-state index contributed by atoms with van der Waals surface area (Å²) >= 11 is 0. The summed E-state index contributed by atoms with van der Waals surface area (Å²) in [6.45, 7) is 1.94. The SMILES string of the molecule is O=C(O)C[C@@](O)(CC(=O)NCCCCNCCCNC(=O)c1ccc(O)c(O)c1)C(=O)O. The molecule has 32 heavy (non-hydrogen) atoms. The summed E-state index contributed by atoms with van der Waals surface area (Å²) < 4.78 is 0. The van der Waals surface area contributed by atoms with Crippen molar-refractivity contribution in [1.82, 2.24) is 16.0 Å². The van der Waals surface area contributed by atoms with Crippen molar-refractivity contribution in [3.05, 3.63) is 23.8 Å². The number of unbranched alkanes of at least 4 members (excludes halogenated alkanes) is 1. The van der Waals surface area contributed by atoms with Gasteiger partial charge in [0.2, 0.25) is 5.91 Å². The number of rotatable bonds is 15. The molecule has 12 nitrogen and oxygen atoms in total. The molecule has 1 aromatic carbocycles. The first-order chi connectivity index (χ1) is 15.0. The van der Waals surface area contributed by atoms with E-state index in [1.807, 2.05) is 0 Å². The summed E-state index contributed by atoms with van der Waals surface area (Å²) in [5.41, 5.74) is -2.41. The first-order valence-corrected chi connectivity index (χ1v) is 10.0. The molecule has 0 heterocycles. The van der Waals surface area contributed by atoms with Gasteiger partial charge in [0.25, 0.3) is 5.91 Å². The minimum atomic E-state index is -2.64. The van der Waals surface area contributed by atoms with Crippen LogP contribution in [0.2, 0.25) is 0 Å². The summed E-state index contributed by atoms with van der Waals surface area (Å²) in [5.74, 6) is -5.07. The quantitative estimate of drug-likeness (QED) is 0.124. The van der Waals surface area contributed by atoms with Crippen LogP contribution in [-0.4, -0.2) is 81.1 Å². The predicted molar refractivity (Wildman–Crippen MR) is 111 cm³/mol. The van der Waals surface area contributed by atoms with Gasteiger partial charge in [0.1, 0.15) is 0 Å². The van der Waals surface area contributed by atoms with E-state index in [1.165, 1.54) is 18.2 Å². The fraction of sp³-hybridized carbons (Fsp3) is 0.500. The second-order valence-corrected chi connectivity index (χ2v) is 7.20. The lowest BCUT2D eigenvalue weighted by Gasteiger charge is -2.20. The molecule has 0 spiro atoms. The molecule has 178 valence electrons. The highest BCUT2D eigenvalue weighted by atomic mass is 16.4. The van der Waals surface area contributed by atoms with Gasteiger partial charge in [0.05, 0.1) is 12.8 Å². The zero-order chi connectivity index (χ0) is 24.1. The summed E-state index contributed by atoms with van der Waals surface area (Å²) in [4.78, 5) is 45.3. The molecule has 0 unspecified atom stereocenters. The van der Waals surface area contributed by atoms with Gasteiger partial charge in [-0.1, -0.05) is 0 Å². The molecule has 0 fully saturated rings. The van der Waals surface area contributed by atoms with Crippen molar-refractivity contribution < 1.29 is 44.7 Å². The van der Waals surface area contributed by atoms with E-state index in [2.05, 4.69) is 16.0 Å². The Labute approximate surface area is 184 Å². The number of aromatic hydroxyl groups is 2. The van der Waals surface area contributed by atoms with Crippen molar-refractivity contribution in [3.63, 3.8) is 0 Å². The average Bonchev–Trinajstić information content (AvgIpc) is 2.70. The van der Waals surface area contributed by atoms with Crippen LogP contribution >= 0.6 is 0 Å². The number of benzene rings is 1. The van der Waals surface area contributed by atoms with Crippen molar-refractivity contribution >= 4 is 23.8 Å². The maximum absolute atomic E-state index is 11.9. The second kappa shape index (κ2) is 13.1. The maximum Gasteiger partial charge on any atom is 0.336 e. The summed E-state index contributed by atoms with van der Waals surface area (Å²) in [6.07, 6.45) is 0.0335. The highest BCUT2D eigenvalue weighted by Gasteiger charge is 2.40. The van der Waals surface area contributed by atoms with E-state index >= 15 is 0 Å². The molecule has 0 aromatic heterocycles. The Bertz CT molecular complexity index is 816. The number of hydrogen-bond donors (Lipinski definition) is 8. The van der Waals surface area contributed by atoms with Crippen molar-refractivity contribution in [3.8, 4) is 11.5 Å². The maximum atomic E-state index is 11.9. The van der Waals surface area contributed by atoms with Crippen LogP contribution < -0.4 is 16.0 Å². The Balaban J connectivity index is 2.09. The van der Waals surface area contributed by atoms with Gasteiger partial charge in [-0.05, 0) is 50.6 Å². The van der Waals surface area contributed by atoms with E-state index in [0.717, 1.165) is 0 Å². The van der Waals surface area contributed by atoms with Crippen molar-refractivity contribution in [2.75, 3.05) is 26.2 Å². The van der Waals surface area contributed by atoms with Crippen molar-refractivity contribution in [1.29, 1.82) is 0 Å². The third-order valence-corrected chi connectivity index (χ3v) is 4.45. The lowest BCUT2D eigenvalue weighted by Crippen LogP contribution is -2.45. The van der Waals surface area contributed by atoms with Crippen LogP contribution in [0.4, 0.5) is 0 Å². The molecular formula is C20H29N3O9. The van der Waals surface area contributed by atoms with Gasteiger partial charge >= 0.3 is 11.9 Å². The van der Waals surface area contributed by atoms with E-state index in [4.69, 9.17) is 10.2 Å². The first kappa shape index (κ1) is 26.7. The van der Waals surface area contributed by atoms with Gasteiger partial charge in [-0.2, -0.15) is 0 Å². The van der Waals surface area contributed by atoms with Gasteiger partial charge in [-0.3, -0.25) is 14.4 Å². The molecule has 1 atom stereocenters. The van der Waals surface area contributed by atoms with Crippen molar-refractivity contribution in [2.45, 2.75) is 37.7 Å². The van der Waals surface area contributed by atoms with E-state index in [0.29, 0.717) is 38.9 Å².